The van der Waals surface area contributed by atoms with Crippen molar-refractivity contribution in [2.75, 3.05) is 19.8 Å². The lowest BCUT2D eigenvalue weighted by Crippen LogP contribution is -2.50. The van der Waals surface area contributed by atoms with Gasteiger partial charge in [-0.15, -0.1) is 23.7 Å². The number of ether oxygens (including phenoxy) is 1. The number of thiazole rings is 1. The molecule has 1 saturated carbocycles. The van der Waals surface area contributed by atoms with Gasteiger partial charge >= 0.3 is 0 Å². The second-order valence-electron chi connectivity index (χ2n) is 7.24. The van der Waals surface area contributed by atoms with Crippen LogP contribution < -0.4 is 10.6 Å². The largest absolute Gasteiger partial charge is 0.379 e. The average molecular weight is 428 g/mol. The van der Waals surface area contributed by atoms with E-state index >= 15 is 0 Å². The summed E-state index contributed by atoms with van der Waals surface area (Å²) in [5, 5.41) is 9.34. The Morgan fingerprint density at radius 3 is 2.85 bits per heavy atom. The molecule has 3 unspecified atom stereocenters. The van der Waals surface area contributed by atoms with E-state index in [0.717, 1.165) is 47.6 Å². The number of aryl methyl sites for hydroxylation is 1. The van der Waals surface area contributed by atoms with Crippen LogP contribution in [0.4, 0.5) is 0 Å². The monoisotopic (exact) mass is 427 g/mol. The van der Waals surface area contributed by atoms with Gasteiger partial charge in [0.2, 0.25) is 0 Å². The molecule has 1 aliphatic carbocycles. The standard InChI is InChI=1S/C20H26ClN3OS.ClH/c1-13-20(14-5-7-15(21)8-6-14)24-19(26-13)11-23-17-4-2-3-16(17)18-12-25-10-9-22-18;/h5-8,16-18,22-23H,2-4,9-12H2,1H3;1H. The van der Waals surface area contributed by atoms with Crippen LogP contribution in [0.2, 0.25) is 5.02 Å². The Hall–Kier alpha value is -0.690. The summed E-state index contributed by atoms with van der Waals surface area (Å²) in [6, 6.07) is 8.99. The van der Waals surface area contributed by atoms with Gasteiger partial charge in [0.05, 0.1) is 18.9 Å². The Morgan fingerprint density at radius 2 is 2.11 bits per heavy atom. The number of nitrogens with zero attached hydrogens (tertiary/aromatic N) is 1. The number of nitrogens with one attached hydrogen (secondary N) is 2. The van der Waals surface area contributed by atoms with Crippen molar-refractivity contribution in [2.45, 2.75) is 44.8 Å². The summed E-state index contributed by atoms with van der Waals surface area (Å²) < 4.78 is 5.67. The molecule has 3 atom stereocenters. The van der Waals surface area contributed by atoms with Gasteiger partial charge in [-0.3, -0.25) is 0 Å². The van der Waals surface area contributed by atoms with E-state index in [4.69, 9.17) is 21.3 Å². The van der Waals surface area contributed by atoms with Gasteiger partial charge < -0.3 is 15.4 Å². The van der Waals surface area contributed by atoms with Crippen LogP contribution in [-0.4, -0.2) is 36.8 Å². The summed E-state index contributed by atoms with van der Waals surface area (Å²) in [6.07, 6.45) is 3.83. The summed E-state index contributed by atoms with van der Waals surface area (Å²) in [7, 11) is 0. The third-order valence-corrected chi connectivity index (χ3v) is 6.73. The van der Waals surface area contributed by atoms with Crippen LogP contribution in [-0.2, 0) is 11.3 Å². The minimum atomic E-state index is 0. The molecule has 4 rings (SSSR count). The van der Waals surface area contributed by atoms with Gasteiger partial charge in [-0.25, -0.2) is 4.98 Å². The Labute approximate surface area is 176 Å². The molecule has 1 aromatic carbocycles. The van der Waals surface area contributed by atoms with Crippen LogP contribution in [0.3, 0.4) is 0 Å². The molecule has 0 bridgehead atoms. The topological polar surface area (TPSA) is 46.2 Å². The Morgan fingerprint density at radius 1 is 1.30 bits per heavy atom. The third kappa shape index (κ3) is 5.03. The SMILES string of the molecule is Cc1sc(CNC2CCCC2C2COCCN2)nc1-c1ccc(Cl)cc1.Cl. The number of morpholine rings is 1. The van der Waals surface area contributed by atoms with E-state index in [0.29, 0.717) is 18.0 Å². The first-order chi connectivity index (χ1) is 12.7. The molecule has 2 fully saturated rings. The molecule has 148 valence electrons. The molecule has 0 amide bonds. The van der Waals surface area contributed by atoms with Gasteiger partial charge in [0.25, 0.3) is 0 Å². The van der Waals surface area contributed by atoms with Crippen molar-refractivity contribution in [2.24, 2.45) is 5.92 Å². The summed E-state index contributed by atoms with van der Waals surface area (Å²) in [4.78, 5) is 6.14. The molecule has 2 aromatic rings. The van der Waals surface area contributed by atoms with Crippen molar-refractivity contribution in [3.63, 3.8) is 0 Å². The number of halogens is 2. The van der Waals surface area contributed by atoms with E-state index in [1.54, 1.807) is 11.3 Å². The predicted molar refractivity (Wildman–Crippen MR) is 115 cm³/mol. The quantitative estimate of drug-likeness (QED) is 0.739. The first-order valence-corrected chi connectivity index (χ1v) is 10.7. The average Bonchev–Trinajstić information content (AvgIpc) is 3.28. The van der Waals surface area contributed by atoms with Crippen LogP contribution in [0.15, 0.2) is 24.3 Å². The zero-order valence-corrected chi connectivity index (χ0v) is 17.9. The van der Waals surface area contributed by atoms with E-state index in [-0.39, 0.29) is 12.4 Å². The van der Waals surface area contributed by atoms with E-state index in [2.05, 4.69) is 17.6 Å². The lowest BCUT2D eigenvalue weighted by atomic mass is 9.94. The number of aromatic nitrogens is 1. The van der Waals surface area contributed by atoms with Crippen molar-refractivity contribution < 1.29 is 4.74 Å². The maximum Gasteiger partial charge on any atom is 0.107 e. The van der Waals surface area contributed by atoms with Crippen LogP contribution in [0.1, 0.15) is 29.1 Å². The van der Waals surface area contributed by atoms with E-state index < -0.39 is 0 Å². The van der Waals surface area contributed by atoms with E-state index in [1.165, 1.54) is 24.1 Å². The Kier molecular flexibility index (Phi) is 7.54. The van der Waals surface area contributed by atoms with E-state index in [9.17, 15) is 0 Å². The lowest BCUT2D eigenvalue weighted by molar-refractivity contribution is 0.0524. The molecule has 27 heavy (non-hydrogen) atoms. The smallest absolute Gasteiger partial charge is 0.107 e. The van der Waals surface area contributed by atoms with Gasteiger partial charge in [0.1, 0.15) is 5.01 Å². The van der Waals surface area contributed by atoms with Gasteiger partial charge in [-0.2, -0.15) is 0 Å². The third-order valence-electron chi connectivity index (χ3n) is 5.51. The van der Waals surface area contributed by atoms with Crippen LogP contribution in [0.5, 0.6) is 0 Å². The van der Waals surface area contributed by atoms with E-state index in [1.807, 2.05) is 24.3 Å². The molecule has 7 heteroatoms. The number of hydrogen-bond acceptors (Lipinski definition) is 5. The van der Waals surface area contributed by atoms with Crippen molar-refractivity contribution in [1.29, 1.82) is 0 Å². The Bertz CT molecular complexity index is 731. The molecular formula is C20H27Cl2N3OS. The Balaban J connectivity index is 0.00000210. The first-order valence-electron chi connectivity index (χ1n) is 9.47. The van der Waals surface area contributed by atoms with Gasteiger partial charge in [0, 0.05) is 40.6 Å². The molecule has 2 aliphatic rings. The fourth-order valence-corrected chi connectivity index (χ4v) is 5.24. The second-order valence-corrected chi connectivity index (χ2v) is 8.96. The summed E-state index contributed by atoms with van der Waals surface area (Å²) in [6.45, 7) is 5.65. The molecule has 1 aromatic heterocycles. The number of benzene rings is 1. The molecule has 0 spiro atoms. The highest BCUT2D eigenvalue weighted by Crippen LogP contribution is 2.31. The highest BCUT2D eigenvalue weighted by molar-refractivity contribution is 7.12. The molecule has 2 N–H and O–H groups in total. The maximum atomic E-state index is 6.00. The van der Waals surface area contributed by atoms with Gasteiger partial charge in [0.15, 0.2) is 0 Å². The molecule has 0 radical (unpaired) electrons. The van der Waals surface area contributed by atoms with Gasteiger partial charge in [-0.05, 0) is 37.8 Å². The minimum Gasteiger partial charge on any atom is -0.379 e. The summed E-state index contributed by atoms with van der Waals surface area (Å²) in [5.74, 6) is 0.659. The fraction of sp³-hybridized carbons (Fsp3) is 0.550. The zero-order chi connectivity index (χ0) is 17.9. The molecule has 4 nitrogen and oxygen atoms in total. The summed E-state index contributed by atoms with van der Waals surface area (Å²) in [5.41, 5.74) is 2.21. The summed E-state index contributed by atoms with van der Waals surface area (Å²) >= 11 is 7.79. The normalized spacial score (nSPS) is 25.3. The lowest BCUT2D eigenvalue weighted by Gasteiger charge is -2.32. The minimum absolute atomic E-state index is 0. The predicted octanol–water partition coefficient (Wildman–Crippen LogP) is 4.44. The molecule has 1 aliphatic heterocycles. The van der Waals surface area contributed by atoms with Crippen LogP contribution >= 0.6 is 35.3 Å². The molecular weight excluding hydrogens is 401 g/mol. The first kappa shape index (κ1) is 21.0. The maximum absolute atomic E-state index is 6.00. The van der Waals surface area contributed by atoms with Crippen molar-refractivity contribution >= 4 is 35.3 Å². The van der Waals surface area contributed by atoms with Crippen molar-refractivity contribution in [3.05, 3.63) is 39.2 Å². The van der Waals surface area contributed by atoms with Crippen LogP contribution in [0, 0.1) is 12.8 Å². The molecule has 1 saturated heterocycles. The van der Waals surface area contributed by atoms with Crippen LogP contribution in [0.25, 0.3) is 11.3 Å². The van der Waals surface area contributed by atoms with Gasteiger partial charge in [-0.1, -0.05) is 30.2 Å². The number of rotatable bonds is 5. The van der Waals surface area contributed by atoms with Crippen molar-refractivity contribution in [1.82, 2.24) is 15.6 Å². The second kappa shape index (κ2) is 9.68. The highest BCUT2D eigenvalue weighted by Gasteiger charge is 2.34. The molecule has 2 heterocycles. The van der Waals surface area contributed by atoms with Crippen molar-refractivity contribution in [3.8, 4) is 11.3 Å². The highest BCUT2D eigenvalue weighted by atomic mass is 35.5. The number of hydrogen-bond donors (Lipinski definition) is 2. The fourth-order valence-electron chi connectivity index (χ4n) is 4.21. The zero-order valence-electron chi connectivity index (χ0n) is 15.5.